The minimum atomic E-state index is -0.201. The number of carbonyl (C=O) groups excluding carboxylic acids is 1. The van der Waals surface area contributed by atoms with Crippen molar-refractivity contribution in [3.8, 4) is 0 Å². The van der Waals surface area contributed by atoms with E-state index in [0.717, 1.165) is 29.0 Å². The Morgan fingerprint density at radius 1 is 1.40 bits per heavy atom. The molecule has 0 saturated heterocycles. The second kappa shape index (κ2) is 6.65. The molecule has 0 saturated carbocycles. The Morgan fingerprint density at radius 3 is 2.85 bits per heavy atom. The summed E-state index contributed by atoms with van der Waals surface area (Å²) in [5.74, 6) is 0.700. The summed E-state index contributed by atoms with van der Waals surface area (Å²) in [6, 6.07) is 2.15. The van der Waals surface area contributed by atoms with Crippen molar-refractivity contribution in [2.75, 3.05) is 25.1 Å². The van der Waals surface area contributed by atoms with E-state index in [0.29, 0.717) is 13.0 Å². The van der Waals surface area contributed by atoms with Crippen molar-refractivity contribution in [1.29, 1.82) is 0 Å². The van der Waals surface area contributed by atoms with Gasteiger partial charge in [0.2, 0.25) is 0 Å². The molecule has 2 aromatic rings. The van der Waals surface area contributed by atoms with E-state index < -0.39 is 0 Å². The van der Waals surface area contributed by atoms with E-state index in [2.05, 4.69) is 34.8 Å². The van der Waals surface area contributed by atoms with Crippen LogP contribution in [0.15, 0.2) is 12.4 Å². The average molecular weight is 293 g/mol. The number of carbonyl (C=O) groups is 1. The highest BCUT2D eigenvalue weighted by Gasteiger charge is 2.14. The smallest absolute Gasteiger partial charge is 0.307 e. The van der Waals surface area contributed by atoms with Gasteiger partial charge in [0.25, 0.3) is 0 Å². The highest BCUT2D eigenvalue weighted by molar-refractivity contribution is 7.18. The van der Waals surface area contributed by atoms with Gasteiger partial charge < -0.3 is 9.64 Å². The average Bonchev–Trinajstić information content (AvgIpc) is 2.91. The van der Waals surface area contributed by atoms with Crippen LogP contribution in [0.4, 0.5) is 5.82 Å². The lowest BCUT2D eigenvalue weighted by Crippen LogP contribution is -2.27. The van der Waals surface area contributed by atoms with Crippen LogP contribution in [0.2, 0.25) is 0 Å². The quantitative estimate of drug-likeness (QED) is 0.766. The molecule has 0 N–H and O–H groups in total. The molecule has 108 valence electrons. The number of thiophene rings is 1. The van der Waals surface area contributed by atoms with Crippen molar-refractivity contribution in [3.05, 3.63) is 17.3 Å². The SMILES string of the molecule is CCc1cc2c(N(CC)CCC(=O)OC)ncnc2s1. The Hall–Kier alpha value is -1.69. The number of fused-ring (bicyclic) bond motifs is 1. The summed E-state index contributed by atoms with van der Waals surface area (Å²) in [6.07, 6.45) is 2.95. The van der Waals surface area contributed by atoms with Gasteiger partial charge in [-0.15, -0.1) is 11.3 Å². The van der Waals surface area contributed by atoms with Crippen LogP contribution >= 0.6 is 11.3 Å². The molecule has 0 radical (unpaired) electrons. The molecule has 20 heavy (non-hydrogen) atoms. The fraction of sp³-hybridized carbons (Fsp3) is 0.500. The van der Waals surface area contributed by atoms with Gasteiger partial charge in [-0.2, -0.15) is 0 Å². The van der Waals surface area contributed by atoms with E-state index in [1.54, 1.807) is 17.7 Å². The van der Waals surface area contributed by atoms with Crippen LogP contribution in [-0.4, -0.2) is 36.1 Å². The van der Waals surface area contributed by atoms with Crippen LogP contribution in [0.25, 0.3) is 10.2 Å². The molecule has 0 bridgehead atoms. The lowest BCUT2D eigenvalue weighted by molar-refractivity contribution is -0.140. The van der Waals surface area contributed by atoms with Crippen molar-refractivity contribution in [2.45, 2.75) is 26.7 Å². The number of nitrogens with zero attached hydrogens (tertiary/aromatic N) is 3. The Labute approximate surface area is 122 Å². The Kier molecular flexibility index (Phi) is 4.89. The summed E-state index contributed by atoms with van der Waals surface area (Å²) < 4.78 is 4.69. The predicted octanol–water partition coefficient (Wildman–Crippen LogP) is 2.64. The number of methoxy groups -OCH3 is 1. The Morgan fingerprint density at radius 2 is 2.20 bits per heavy atom. The standard InChI is InChI=1S/C14H19N3O2S/c1-4-10-8-11-13(15-9-16-14(11)20-10)17(5-2)7-6-12(18)19-3/h8-9H,4-7H2,1-3H3. The maximum Gasteiger partial charge on any atom is 0.307 e. The molecule has 0 spiro atoms. The van der Waals surface area contributed by atoms with Crippen LogP contribution in [0.5, 0.6) is 0 Å². The molecule has 0 unspecified atom stereocenters. The van der Waals surface area contributed by atoms with Gasteiger partial charge in [-0.1, -0.05) is 6.92 Å². The molecule has 0 aliphatic rings. The fourth-order valence-corrected chi connectivity index (χ4v) is 2.99. The van der Waals surface area contributed by atoms with E-state index >= 15 is 0 Å². The third-order valence-electron chi connectivity index (χ3n) is 3.20. The van der Waals surface area contributed by atoms with Gasteiger partial charge in [0, 0.05) is 18.0 Å². The van der Waals surface area contributed by atoms with Crippen LogP contribution < -0.4 is 4.90 Å². The molecular formula is C14H19N3O2S. The van der Waals surface area contributed by atoms with Crippen molar-refractivity contribution >= 4 is 33.3 Å². The number of anilines is 1. The van der Waals surface area contributed by atoms with Crippen LogP contribution in [-0.2, 0) is 16.0 Å². The van der Waals surface area contributed by atoms with E-state index in [-0.39, 0.29) is 5.97 Å². The molecule has 0 atom stereocenters. The molecule has 5 nitrogen and oxygen atoms in total. The number of rotatable bonds is 6. The lowest BCUT2D eigenvalue weighted by atomic mass is 10.2. The van der Waals surface area contributed by atoms with Crippen LogP contribution in [0, 0.1) is 0 Å². The maximum absolute atomic E-state index is 11.3. The van der Waals surface area contributed by atoms with Crippen molar-refractivity contribution in [1.82, 2.24) is 9.97 Å². The van der Waals surface area contributed by atoms with Gasteiger partial charge in [-0.3, -0.25) is 4.79 Å². The van der Waals surface area contributed by atoms with E-state index in [4.69, 9.17) is 4.74 Å². The molecule has 0 amide bonds. The zero-order valence-corrected chi connectivity index (χ0v) is 12.9. The monoisotopic (exact) mass is 293 g/mol. The summed E-state index contributed by atoms with van der Waals surface area (Å²) in [4.78, 5) is 24.4. The zero-order valence-electron chi connectivity index (χ0n) is 12.0. The van der Waals surface area contributed by atoms with Crippen molar-refractivity contribution in [3.63, 3.8) is 0 Å². The summed E-state index contributed by atoms with van der Waals surface area (Å²) >= 11 is 1.70. The minimum Gasteiger partial charge on any atom is -0.469 e. The highest BCUT2D eigenvalue weighted by atomic mass is 32.1. The summed E-state index contributed by atoms with van der Waals surface area (Å²) in [7, 11) is 1.41. The van der Waals surface area contributed by atoms with Crippen molar-refractivity contribution < 1.29 is 9.53 Å². The number of hydrogen-bond donors (Lipinski definition) is 0. The summed E-state index contributed by atoms with van der Waals surface area (Å²) in [5.41, 5.74) is 0. The number of aryl methyl sites for hydroxylation is 1. The normalized spacial score (nSPS) is 10.8. The lowest BCUT2D eigenvalue weighted by Gasteiger charge is -2.21. The molecule has 0 aromatic carbocycles. The van der Waals surface area contributed by atoms with E-state index in [9.17, 15) is 4.79 Å². The topological polar surface area (TPSA) is 55.3 Å². The predicted molar refractivity (Wildman–Crippen MR) is 81.3 cm³/mol. The number of esters is 1. The second-order valence-electron chi connectivity index (χ2n) is 4.39. The molecule has 2 heterocycles. The van der Waals surface area contributed by atoms with Gasteiger partial charge in [0.05, 0.1) is 18.9 Å². The summed E-state index contributed by atoms with van der Waals surface area (Å²) in [6.45, 7) is 5.58. The first-order valence-corrected chi connectivity index (χ1v) is 7.56. The number of ether oxygens (including phenoxy) is 1. The van der Waals surface area contributed by atoms with Gasteiger partial charge in [-0.05, 0) is 19.4 Å². The molecule has 0 fully saturated rings. The van der Waals surface area contributed by atoms with E-state index in [1.807, 2.05) is 0 Å². The molecule has 0 aliphatic carbocycles. The third-order valence-corrected chi connectivity index (χ3v) is 4.39. The molecule has 2 rings (SSSR count). The molecular weight excluding hydrogens is 274 g/mol. The van der Waals surface area contributed by atoms with Gasteiger partial charge in [-0.25, -0.2) is 9.97 Å². The van der Waals surface area contributed by atoms with Gasteiger partial charge in [0.15, 0.2) is 0 Å². The van der Waals surface area contributed by atoms with Gasteiger partial charge in [0.1, 0.15) is 17.0 Å². The minimum absolute atomic E-state index is 0.201. The highest BCUT2D eigenvalue weighted by Crippen LogP contribution is 2.30. The third kappa shape index (κ3) is 3.07. The van der Waals surface area contributed by atoms with Crippen LogP contribution in [0.1, 0.15) is 25.1 Å². The van der Waals surface area contributed by atoms with Crippen LogP contribution in [0.3, 0.4) is 0 Å². The Balaban J connectivity index is 2.29. The second-order valence-corrected chi connectivity index (χ2v) is 5.50. The first-order valence-electron chi connectivity index (χ1n) is 6.74. The molecule has 2 aromatic heterocycles. The number of hydrogen-bond acceptors (Lipinski definition) is 6. The molecule has 6 heteroatoms. The first-order chi connectivity index (χ1) is 9.69. The summed E-state index contributed by atoms with van der Waals surface area (Å²) in [5, 5.41) is 1.07. The zero-order chi connectivity index (χ0) is 14.5. The first kappa shape index (κ1) is 14.7. The van der Waals surface area contributed by atoms with Gasteiger partial charge >= 0.3 is 5.97 Å². The van der Waals surface area contributed by atoms with Crippen molar-refractivity contribution in [2.24, 2.45) is 0 Å². The Bertz CT molecular complexity index is 597. The number of aromatic nitrogens is 2. The fourth-order valence-electron chi connectivity index (χ4n) is 2.06. The maximum atomic E-state index is 11.3. The van der Waals surface area contributed by atoms with E-state index in [1.165, 1.54) is 12.0 Å². The molecule has 0 aliphatic heterocycles. The largest absolute Gasteiger partial charge is 0.469 e.